The standard InChI is InChI=1S/C20H30N2O3S/c1-15-10-11-18(26(24,25)22-13-7-5-9-17(22)3)14-19(15)20(23)21-12-6-4-8-16(21)2/h10-11,14,16-17H,4-9,12-13H2,1-3H3. The number of piperidine rings is 2. The average Bonchev–Trinajstić information content (AvgIpc) is 2.62. The first-order valence-electron chi connectivity index (χ1n) is 9.76. The molecule has 0 saturated carbocycles. The van der Waals surface area contributed by atoms with Gasteiger partial charge in [0.15, 0.2) is 0 Å². The van der Waals surface area contributed by atoms with E-state index in [2.05, 4.69) is 6.92 Å². The number of benzene rings is 1. The highest BCUT2D eigenvalue weighted by Gasteiger charge is 2.32. The number of nitrogens with zero attached hydrogens (tertiary/aromatic N) is 2. The van der Waals surface area contributed by atoms with Crippen molar-refractivity contribution in [3.8, 4) is 0 Å². The zero-order valence-electron chi connectivity index (χ0n) is 16.1. The summed E-state index contributed by atoms with van der Waals surface area (Å²) < 4.78 is 27.8. The highest BCUT2D eigenvalue weighted by atomic mass is 32.2. The molecule has 6 heteroatoms. The molecule has 5 nitrogen and oxygen atoms in total. The molecule has 2 aliphatic heterocycles. The first-order valence-corrected chi connectivity index (χ1v) is 11.2. The average molecular weight is 379 g/mol. The second-order valence-electron chi connectivity index (χ2n) is 7.78. The van der Waals surface area contributed by atoms with E-state index in [9.17, 15) is 13.2 Å². The van der Waals surface area contributed by atoms with Crippen molar-refractivity contribution in [3.63, 3.8) is 0 Å². The maximum absolute atomic E-state index is 13.1. The van der Waals surface area contributed by atoms with Gasteiger partial charge in [0.1, 0.15) is 0 Å². The van der Waals surface area contributed by atoms with Gasteiger partial charge in [-0.05, 0) is 70.6 Å². The van der Waals surface area contributed by atoms with Crippen molar-refractivity contribution in [1.29, 1.82) is 0 Å². The van der Waals surface area contributed by atoms with E-state index in [-0.39, 0.29) is 22.9 Å². The summed E-state index contributed by atoms with van der Waals surface area (Å²) >= 11 is 0. The molecule has 0 aromatic heterocycles. The van der Waals surface area contributed by atoms with Gasteiger partial charge in [-0.3, -0.25) is 4.79 Å². The largest absolute Gasteiger partial charge is 0.336 e. The molecule has 0 bridgehead atoms. The molecule has 2 saturated heterocycles. The van der Waals surface area contributed by atoms with E-state index >= 15 is 0 Å². The van der Waals surface area contributed by atoms with Gasteiger partial charge >= 0.3 is 0 Å². The molecule has 0 radical (unpaired) electrons. The van der Waals surface area contributed by atoms with Crippen molar-refractivity contribution in [2.45, 2.75) is 76.3 Å². The summed E-state index contributed by atoms with van der Waals surface area (Å²) in [6.45, 7) is 7.22. The molecular weight excluding hydrogens is 348 g/mol. The van der Waals surface area contributed by atoms with Crippen molar-refractivity contribution in [3.05, 3.63) is 29.3 Å². The Morgan fingerprint density at radius 3 is 2.31 bits per heavy atom. The first kappa shape index (κ1) is 19.4. The molecule has 2 fully saturated rings. The Morgan fingerprint density at radius 1 is 1.00 bits per heavy atom. The number of rotatable bonds is 3. The number of sulfonamides is 1. The molecule has 1 aromatic rings. The summed E-state index contributed by atoms with van der Waals surface area (Å²) in [7, 11) is -3.57. The third-order valence-electron chi connectivity index (χ3n) is 5.85. The van der Waals surface area contributed by atoms with Crippen molar-refractivity contribution >= 4 is 15.9 Å². The van der Waals surface area contributed by atoms with Gasteiger partial charge in [-0.15, -0.1) is 0 Å². The van der Waals surface area contributed by atoms with E-state index < -0.39 is 10.0 Å². The lowest BCUT2D eigenvalue weighted by atomic mass is 10.0. The molecule has 1 aromatic carbocycles. The molecule has 26 heavy (non-hydrogen) atoms. The summed E-state index contributed by atoms with van der Waals surface area (Å²) in [5, 5.41) is 0. The molecule has 2 heterocycles. The smallest absolute Gasteiger partial charge is 0.254 e. The minimum Gasteiger partial charge on any atom is -0.336 e. The van der Waals surface area contributed by atoms with Crippen LogP contribution in [0.15, 0.2) is 23.1 Å². The quantitative estimate of drug-likeness (QED) is 0.808. The molecule has 0 spiro atoms. The van der Waals surface area contributed by atoms with Gasteiger partial charge in [-0.25, -0.2) is 8.42 Å². The fraction of sp³-hybridized carbons (Fsp3) is 0.650. The minimum atomic E-state index is -3.57. The second-order valence-corrected chi connectivity index (χ2v) is 9.67. The van der Waals surface area contributed by atoms with Crippen LogP contribution in [0.2, 0.25) is 0 Å². The Balaban J connectivity index is 1.93. The fourth-order valence-corrected chi connectivity index (χ4v) is 5.84. The summed E-state index contributed by atoms with van der Waals surface area (Å²) in [5.41, 5.74) is 1.35. The number of aryl methyl sites for hydroxylation is 1. The Morgan fingerprint density at radius 2 is 1.65 bits per heavy atom. The van der Waals surface area contributed by atoms with Gasteiger partial charge in [0, 0.05) is 30.7 Å². The highest BCUT2D eigenvalue weighted by molar-refractivity contribution is 7.89. The number of carbonyl (C=O) groups is 1. The third kappa shape index (κ3) is 3.67. The Labute approximate surface area is 157 Å². The Hall–Kier alpha value is -1.40. The van der Waals surface area contributed by atoms with Crippen LogP contribution in [0.1, 0.15) is 68.3 Å². The van der Waals surface area contributed by atoms with Crippen LogP contribution in [0.25, 0.3) is 0 Å². The summed E-state index contributed by atoms with van der Waals surface area (Å²) in [6, 6.07) is 5.22. The Kier molecular flexibility index (Phi) is 5.72. The van der Waals surface area contributed by atoms with Crippen LogP contribution >= 0.6 is 0 Å². The van der Waals surface area contributed by atoms with Crippen LogP contribution in [0.5, 0.6) is 0 Å². The molecule has 2 unspecified atom stereocenters. The van der Waals surface area contributed by atoms with E-state index in [1.807, 2.05) is 18.7 Å². The number of amides is 1. The second kappa shape index (κ2) is 7.69. The van der Waals surface area contributed by atoms with Crippen LogP contribution in [-0.4, -0.2) is 48.7 Å². The van der Waals surface area contributed by atoms with E-state index in [0.717, 1.165) is 50.6 Å². The SMILES string of the molecule is Cc1ccc(S(=O)(=O)N2CCCCC2C)cc1C(=O)N1CCCCC1C. The van der Waals surface area contributed by atoms with Gasteiger partial charge in [0.25, 0.3) is 5.91 Å². The number of likely N-dealkylation sites (tertiary alicyclic amines) is 1. The lowest BCUT2D eigenvalue weighted by molar-refractivity contribution is 0.0634. The fourth-order valence-electron chi connectivity index (χ4n) is 4.11. The van der Waals surface area contributed by atoms with Crippen LogP contribution in [0.4, 0.5) is 0 Å². The monoisotopic (exact) mass is 378 g/mol. The maximum atomic E-state index is 13.1. The maximum Gasteiger partial charge on any atom is 0.254 e. The molecule has 3 rings (SSSR count). The van der Waals surface area contributed by atoms with Crippen LogP contribution < -0.4 is 0 Å². The topological polar surface area (TPSA) is 57.7 Å². The number of hydrogen-bond donors (Lipinski definition) is 0. The highest BCUT2D eigenvalue weighted by Crippen LogP contribution is 2.28. The summed E-state index contributed by atoms with van der Waals surface area (Å²) in [4.78, 5) is 15.2. The first-order chi connectivity index (χ1) is 12.3. The molecule has 2 atom stereocenters. The van der Waals surface area contributed by atoms with Gasteiger partial charge < -0.3 is 4.90 Å². The number of hydrogen-bond acceptors (Lipinski definition) is 3. The predicted molar refractivity (Wildman–Crippen MR) is 103 cm³/mol. The van der Waals surface area contributed by atoms with Crippen molar-refractivity contribution < 1.29 is 13.2 Å². The minimum absolute atomic E-state index is 0.0105. The summed E-state index contributed by atoms with van der Waals surface area (Å²) in [5.74, 6) is -0.0431. The van der Waals surface area contributed by atoms with Crippen LogP contribution in [0.3, 0.4) is 0 Å². The molecular formula is C20H30N2O3S. The van der Waals surface area contributed by atoms with Crippen LogP contribution in [0, 0.1) is 6.92 Å². The van der Waals surface area contributed by atoms with E-state index in [4.69, 9.17) is 0 Å². The Bertz CT molecular complexity index is 775. The normalized spacial score (nSPS) is 25.3. The summed E-state index contributed by atoms with van der Waals surface area (Å²) in [6.07, 6.45) is 6.02. The predicted octanol–water partition coefficient (Wildman–Crippen LogP) is 3.57. The zero-order valence-corrected chi connectivity index (χ0v) is 16.9. The van der Waals surface area contributed by atoms with Gasteiger partial charge in [-0.2, -0.15) is 4.31 Å². The molecule has 144 valence electrons. The lowest BCUT2D eigenvalue weighted by Crippen LogP contribution is -2.43. The van der Waals surface area contributed by atoms with Gasteiger partial charge in [0.05, 0.1) is 4.90 Å². The molecule has 0 N–H and O–H groups in total. The van der Waals surface area contributed by atoms with Gasteiger partial charge in [-0.1, -0.05) is 12.5 Å². The van der Waals surface area contributed by atoms with Crippen molar-refractivity contribution in [1.82, 2.24) is 9.21 Å². The van der Waals surface area contributed by atoms with Gasteiger partial charge in [0.2, 0.25) is 10.0 Å². The van der Waals surface area contributed by atoms with E-state index in [1.54, 1.807) is 22.5 Å². The van der Waals surface area contributed by atoms with Crippen molar-refractivity contribution in [2.75, 3.05) is 13.1 Å². The van der Waals surface area contributed by atoms with E-state index in [0.29, 0.717) is 12.1 Å². The van der Waals surface area contributed by atoms with Crippen molar-refractivity contribution in [2.24, 2.45) is 0 Å². The number of carbonyl (C=O) groups excluding carboxylic acids is 1. The van der Waals surface area contributed by atoms with Crippen LogP contribution in [-0.2, 0) is 10.0 Å². The lowest BCUT2D eigenvalue weighted by Gasteiger charge is -2.34. The third-order valence-corrected chi connectivity index (χ3v) is 7.86. The molecule has 0 aliphatic carbocycles. The van der Waals surface area contributed by atoms with E-state index in [1.165, 1.54) is 0 Å². The zero-order chi connectivity index (χ0) is 18.9. The molecule has 1 amide bonds. The molecule has 2 aliphatic rings.